The normalized spacial score (nSPS) is 15.7. The van der Waals surface area contributed by atoms with Gasteiger partial charge in [-0.3, -0.25) is 0 Å². The minimum Gasteiger partial charge on any atom is -0.310 e. The quantitative estimate of drug-likeness (QED) is 0.722. The highest BCUT2D eigenvalue weighted by molar-refractivity contribution is 5.24. The van der Waals surface area contributed by atoms with E-state index in [2.05, 4.69) is 17.1 Å². The maximum Gasteiger partial charge on any atom is 0.416 e. The van der Waals surface area contributed by atoms with Crippen molar-refractivity contribution in [1.29, 1.82) is 0 Å². The van der Waals surface area contributed by atoms with E-state index >= 15 is 0 Å². The molecular formula is C20H35F3N2. The zero-order valence-corrected chi connectivity index (χ0v) is 16.4. The molecule has 0 saturated carbocycles. The molecule has 1 aromatic carbocycles. The molecule has 1 aromatic rings. The number of rotatable bonds is 5. The van der Waals surface area contributed by atoms with Crippen molar-refractivity contribution >= 4 is 0 Å². The Morgan fingerprint density at radius 3 is 1.96 bits per heavy atom. The molecule has 2 rings (SSSR count). The van der Waals surface area contributed by atoms with Gasteiger partial charge in [0, 0.05) is 12.6 Å². The van der Waals surface area contributed by atoms with Crippen LogP contribution < -0.4 is 5.32 Å². The summed E-state index contributed by atoms with van der Waals surface area (Å²) in [6.45, 7) is 14.2. The molecule has 5 heteroatoms. The summed E-state index contributed by atoms with van der Waals surface area (Å²) in [5.41, 5.74) is 0.318. The molecular weight excluding hydrogens is 325 g/mol. The summed E-state index contributed by atoms with van der Waals surface area (Å²) in [7, 11) is 0. The molecule has 1 aliphatic rings. The van der Waals surface area contributed by atoms with Gasteiger partial charge in [0.2, 0.25) is 0 Å². The van der Waals surface area contributed by atoms with E-state index in [1.165, 1.54) is 6.42 Å². The van der Waals surface area contributed by atoms with Gasteiger partial charge in [-0.1, -0.05) is 46.8 Å². The van der Waals surface area contributed by atoms with Gasteiger partial charge in [0.15, 0.2) is 0 Å². The van der Waals surface area contributed by atoms with Crippen LogP contribution in [0.3, 0.4) is 0 Å². The lowest BCUT2D eigenvalue weighted by atomic mass is 10.0. The van der Waals surface area contributed by atoms with Crippen LogP contribution in [0.1, 0.15) is 65.0 Å². The summed E-state index contributed by atoms with van der Waals surface area (Å²) >= 11 is 0. The van der Waals surface area contributed by atoms with E-state index in [-0.39, 0.29) is 0 Å². The van der Waals surface area contributed by atoms with Crippen molar-refractivity contribution < 1.29 is 13.2 Å². The monoisotopic (exact) mass is 360 g/mol. The van der Waals surface area contributed by atoms with Crippen LogP contribution in [-0.4, -0.2) is 30.6 Å². The number of nitrogens with one attached hydrogen (secondary N) is 1. The zero-order valence-electron chi connectivity index (χ0n) is 16.4. The first kappa shape index (κ1) is 23.9. The fourth-order valence-corrected chi connectivity index (χ4v) is 2.75. The second kappa shape index (κ2) is 13.2. The number of alkyl halides is 3. The summed E-state index contributed by atoms with van der Waals surface area (Å²) in [6.07, 6.45) is -0.844. The third-order valence-electron chi connectivity index (χ3n) is 4.00. The van der Waals surface area contributed by atoms with Crippen molar-refractivity contribution in [3.63, 3.8) is 0 Å². The first-order chi connectivity index (χ1) is 12.0. The summed E-state index contributed by atoms with van der Waals surface area (Å²) in [5, 5.41) is 3.45. The Morgan fingerprint density at radius 2 is 1.52 bits per heavy atom. The average molecular weight is 361 g/mol. The van der Waals surface area contributed by atoms with Crippen molar-refractivity contribution in [3.05, 3.63) is 35.4 Å². The fraction of sp³-hybridized carbons (Fsp3) is 0.700. The minimum absolute atomic E-state index is 0.473. The van der Waals surface area contributed by atoms with Crippen molar-refractivity contribution in [2.75, 3.05) is 19.6 Å². The molecule has 0 atom stereocenters. The Balaban J connectivity index is 0.00000134. The third-order valence-corrected chi connectivity index (χ3v) is 4.00. The van der Waals surface area contributed by atoms with E-state index in [4.69, 9.17) is 0 Å². The van der Waals surface area contributed by atoms with E-state index in [0.29, 0.717) is 12.6 Å². The Hall–Kier alpha value is -1.07. The van der Waals surface area contributed by atoms with Gasteiger partial charge in [0.05, 0.1) is 5.56 Å². The highest BCUT2D eigenvalue weighted by atomic mass is 19.4. The smallest absolute Gasteiger partial charge is 0.310 e. The van der Waals surface area contributed by atoms with E-state index in [1.807, 2.05) is 27.7 Å². The lowest BCUT2D eigenvalue weighted by Crippen LogP contribution is -2.42. The number of nitrogens with zero attached hydrogens (tertiary/aromatic N) is 1. The molecule has 146 valence electrons. The van der Waals surface area contributed by atoms with Gasteiger partial charge in [-0.25, -0.2) is 0 Å². The summed E-state index contributed by atoms with van der Waals surface area (Å²) < 4.78 is 37.4. The SMILES string of the molecule is CC.CC.CCCN1CCC(NCc2ccc(C(F)(F)F)cc2)CC1. The van der Waals surface area contributed by atoms with Gasteiger partial charge in [-0.2, -0.15) is 13.2 Å². The van der Waals surface area contributed by atoms with Crippen LogP contribution >= 0.6 is 0 Å². The number of hydrogen-bond donors (Lipinski definition) is 1. The first-order valence-corrected chi connectivity index (χ1v) is 9.61. The predicted molar refractivity (Wildman–Crippen MR) is 101 cm³/mol. The summed E-state index contributed by atoms with van der Waals surface area (Å²) in [4.78, 5) is 2.47. The minimum atomic E-state index is -4.25. The molecule has 0 radical (unpaired) electrons. The van der Waals surface area contributed by atoms with E-state index in [1.54, 1.807) is 12.1 Å². The molecule has 1 fully saturated rings. The first-order valence-electron chi connectivity index (χ1n) is 9.61. The number of halogens is 3. The highest BCUT2D eigenvalue weighted by Gasteiger charge is 2.29. The maximum absolute atomic E-state index is 12.5. The highest BCUT2D eigenvalue weighted by Crippen LogP contribution is 2.29. The molecule has 1 aliphatic heterocycles. The third kappa shape index (κ3) is 9.26. The van der Waals surface area contributed by atoms with Gasteiger partial charge in [0.1, 0.15) is 0 Å². The largest absolute Gasteiger partial charge is 0.416 e. The van der Waals surface area contributed by atoms with Crippen molar-refractivity contribution in [1.82, 2.24) is 10.2 Å². The van der Waals surface area contributed by atoms with E-state index in [0.717, 1.165) is 50.2 Å². The van der Waals surface area contributed by atoms with E-state index in [9.17, 15) is 13.2 Å². The summed E-state index contributed by atoms with van der Waals surface area (Å²) in [5.74, 6) is 0. The molecule has 2 nitrogen and oxygen atoms in total. The maximum atomic E-state index is 12.5. The Labute approximate surface area is 151 Å². The van der Waals surface area contributed by atoms with Crippen LogP contribution in [0.5, 0.6) is 0 Å². The van der Waals surface area contributed by atoms with Crippen LogP contribution in [0, 0.1) is 0 Å². The molecule has 0 spiro atoms. The molecule has 0 unspecified atom stereocenters. The van der Waals surface area contributed by atoms with Crippen molar-refractivity contribution in [2.45, 2.75) is 72.6 Å². The lowest BCUT2D eigenvalue weighted by molar-refractivity contribution is -0.137. The van der Waals surface area contributed by atoms with Gasteiger partial charge < -0.3 is 10.2 Å². The van der Waals surface area contributed by atoms with Crippen molar-refractivity contribution in [3.8, 4) is 0 Å². The molecule has 0 aromatic heterocycles. The molecule has 0 aliphatic carbocycles. The van der Waals surface area contributed by atoms with E-state index < -0.39 is 11.7 Å². The fourth-order valence-electron chi connectivity index (χ4n) is 2.75. The number of piperidine rings is 1. The van der Waals surface area contributed by atoms with Crippen LogP contribution in [0.25, 0.3) is 0 Å². The van der Waals surface area contributed by atoms with Gasteiger partial charge >= 0.3 is 6.18 Å². The van der Waals surface area contributed by atoms with Crippen LogP contribution in [-0.2, 0) is 12.7 Å². The lowest BCUT2D eigenvalue weighted by Gasteiger charge is -2.32. The van der Waals surface area contributed by atoms with Gasteiger partial charge in [0.25, 0.3) is 0 Å². The molecule has 1 saturated heterocycles. The Kier molecular flexibility index (Phi) is 12.6. The number of likely N-dealkylation sites (tertiary alicyclic amines) is 1. The number of benzene rings is 1. The van der Waals surface area contributed by atoms with Gasteiger partial charge in [-0.15, -0.1) is 0 Å². The zero-order chi connectivity index (χ0) is 19.3. The predicted octanol–water partition coefficient (Wildman–Crippen LogP) is 5.72. The average Bonchev–Trinajstić information content (AvgIpc) is 2.64. The molecule has 0 amide bonds. The molecule has 1 N–H and O–H groups in total. The topological polar surface area (TPSA) is 15.3 Å². The Bertz CT molecular complexity index is 422. The summed E-state index contributed by atoms with van der Waals surface area (Å²) in [6, 6.07) is 5.90. The van der Waals surface area contributed by atoms with Crippen LogP contribution in [0.2, 0.25) is 0 Å². The van der Waals surface area contributed by atoms with Gasteiger partial charge in [-0.05, 0) is 56.6 Å². The molecule has 25 heavy (non-hydrogen) atoms. The Morgan fingerprint density at radius 1 is 1.00 bits per heavy atom. The van der Waals surface area contributed by atoms with Crippen LogP contribution in [0.4, 0.5) is 13.2 Å². The number of hydrogen-bond acceptors (Lipinski definition) is 2. The van der Waals surface area contributed by atoms with Crippen LogP contribution in [0.15, 0.2) is 24.3 Å². The second-order valence-corrected chi connectivity index (χ2v) is 5.69. The second-order valence-electron chi connectivity index (χ2n) is 5.69. The molecule has 1 heterocycles. The standard InChI is InChI=1S/C16H23F3N2.2C2H6/c1-2-9-21-10-7-15(8-11-21)20-12-13-3-5-14(6-4-13)16(17,18)19;2*1-2/h3-6,15,20H,2,7-12H2,1H3;2*1-2H3. The molecule has 0 bridgehead atoms. The van der Waals surface area contributed by atoms with Crippen molar-refractivity contribution in [2.24, 2.45) is 0 Å².